The van der Waals surface area contributed by atoms with Crippen molar-refractivity contribution < 1.29 is 18.0 Å². The van der Waals surface area contributed by atoms with Gasteiger partial charge in [0, 0.05) is 6.61 Å². The summed E-state index contributed by atoms with van der Waals surface area (Å²) < 4.78 is 27.3. The van der Waals surface area contributed by atoms with Crippen LogP contribution in [0.4, 0.5) is 0 Å². The maximum absolute atomic E-state index is 7.09. The summed E-state index contributed by atoms with van der Waals surface area (Å²) in [5, 5.41) is 0.410. The van der Waals surface area contributed by atoms with E-state index in [1.807, 2.05) is 0 Å². The fraction of sp³-hybridized carbons (Fsp3) is 0.900. The average molecular weight is 707 g/mol. The molecule has 3 fully saturated rings. The Morgan fingerprint density at radius 1 is 0.809 bits per heavy atom. The standard InChI is InChI=1S/C40H78O4Si3/c1-30(41-26-25-39(8,9)44-45(11,12)13)35-22-23-36-32(19-18-24-40(35,36)10)21-20-31-27-33(42-46(14,15)37(2,3)4)29-34(28-31)43-47(16,17)38(5,6)7/h20-21,30,33-36H,18-19,22-29H2,1-17H3/b32-21+/t30-,33+,34+,35+,36+,40+/m0/s1. The Morgan fingerprint density at radius 2 is 1.34 bits per heavy atom. The second-order valence-electron chi connectivity index (χ2n) is 20.6. The summed E-state index contributed by atoms with van der Waals surface area (Å²) in [7, 11) is -5.35. The fourth-order valence-electron chi connectivity index (χ4n) is 8.39. The number of hydrogen-bond acceptors (Lipinski definition) is 4. The highest BCUT2D eigenvalue weighted by atomic mass is 28.4. The van der Waals surface area contributed by atoms with Crippen molar-refractivity contribution in [1.82, 2.24) is 0 Å². The Labute approximate surface area is 296 Å². The van der Waals surface area contributed by atoms with Crippen molar-refractivity contribution in [3.8, 4) is 0 Å². The molecule has 0 radical (unpaired) electrons. The van der Waals surface area contributed by atoms with Crippen molar-refractivity contribution in [3.63, 3.8) is 0 Å². The lowest BCUT2D eigenvalue weighted by Crippen LogP contribution is -2.48. The molecule has 3 aliphatic rings. The molecule has 0 amide bonds. The molecule has 3 aliphatic carbocycles. The molecule has 0 bridgehead atoms. The van der Waals surface area contributed by atoms with Gasteiger partial charge in [0.25, 0.3) is 0 Å². The summed E-state index contributed by atoms with van der Waals surface area (Å²) >= 11 is 0. The Balaban J connectivity index is 1.77. The van der Waals surface area contributed by atoms with E-state index in [4.69, 9.17) is 18.0 Å². The average Bonchev–Trinajstić information content (AvgIpc) is 3.21. The van der Waals surface area contributed by atoms with E-state index >= 15 is 0 Å². The van der Waals surface area contributed by atoms with Crippen molar-refractivity contribution in [2.45, 2.75) is 207 Å². The third kappa shape index (κ3) is 11.0. The minimum Gasteiger partial charge on any atom is -0.414 e. The topological polar surface area (TPSA) is 36.9 Å². The predicted molar refractivity (Wildman–Crippen MR) is 211 cm³/mol. The first kappa shape index (κ1) is 41.4. The summed E-state index contributed by atoms with van der Waals surface area (Å²) in [6, 6.07) is 0. The first-order valence-corrected chi connectivity index (χ1v) is 28.4. The third-order valence-electron chi connectivity index (χ3n) is 12.8. The van der Waals surface area contributed by atoms with Crippen LogP contribution in [0.15, 0.2) is 23.3 Å². The van der Waals surface area contributed by atoms with E-state index < -0.39 is 25.0 Å². The molecular formula is C40H78O4Si3. The van der Waals surface area contributed by atoms with Gasteiger partial charge in [0.2, 0.25) is 0 Å². The molecular weight excluding hydrogens is 629 g/mol. The van der Waals surface area contributed by atoms with Gasteiger partial charge in [-0.2, -0.15) is 0 Å². The van der Waals surface area contributed by atoms with Gasteiger partial charge in [-0.3, -0.25) is 0 Å². The van der Waals surface area contributed by atoms with Crippen LogP contribution in [0.5, 0.6) is 0 Å². The SMILES string of the molecule is C[C@H](OCCC(C)(C)O[Si](C)(C)C)[C@H]1CC[C@@H]2/C(=C/C=C3C[C@@H](O[Si](C)(C)C(C)(C)C)C[C@H](O[Si](C)(C)C(C)(C)C)C3)CCC[C@@]21C. The van der Waals surface area contributed by atoms with E-state index in [2.05, 4.69) is 127 Å². The largest absolute Gasteiger partial charge is 0.414 e. The smallest absolute Gasteiger partial charge is 0.192 e. The number of ether oxygens (including phenoxy) is 1. The van der Waals surface area contributed by atoms with Gasteiger partial charge < -0.3 is 18.0 Å². The molecule has 0 aromatic heterocycles. The maximum Gasteiger partial charge on any atom is 0.192 e. The summed E-state index contributed by atoms with van der Waals surface area (Å²) in [6.07, 6.45) is 16.3. The summed E-state index contributed by atoms with van der Waals surface area (Å²) in [5.74, 6) is 1.28. The van der Waals surface area contributed by atoms with E-state index in [1.54, 1.807) is 5.57 Å². The lowest BCUT2D eigenvalue weighted by Gasteiger charge is -2.45. The minimum atomic E-state index is -1.88. The molecule has 4 nitrogen and oxygen atoms in total. The van der Waals surface area contributed by atoms with E-state index in [0.29, 0.717) is 17.3 Å². The molecule has 0 heterocycles. The van der Waals surface area contributed by atoms with Gasteiger partial charge in [0.15, 0.2) is 25.0 Å². The van der Waals surface area contributed by atoms with Gasteiger partial charge in [-0.05, 0) is 152 Å². The Bertz CT molecular complexity index is 1070. The van der Waals surface area contributed by atoms with E-state index in [9.17, 15) is 0 Å². The number of rotatable bonds is 12. The van der Waals surface area contributed by atoms with Crippen LogP contribution in [-0.4, -0.2) is 55.5 Å². The van der Waals surface area contributed by atoms with Gasteiger partial charge in [0.1, 0.15) is 0 Å². The molecule has 7 heteroatoms. The van der Waals surface area contributed by atoms with Crippen molar-refractivity contribution in [1.29, 1.82) is 0 Å². The zero-order chi connectivity index (χ0) is 35.9. The molecule has 6 atom stereocenters. The first-order valence-electron chi connectivity index (χ1n) is 19.2. The van der Waals surface area contributed by atoms with Crippen LogP contribution in [0.3, 0.4) is 0 Å². The Kier molecular flexibility index (Phi) is 13.1. The van der Waals surface area contributed by atoms with Gasteiger partial charge in [-0.15, -0.1) is 0 Å². The van der Waals surface area contributed by atoms with Gasteiger partial charge >= 0.3 is 0 Å². The number of allylic oxidation sites excluding steroid dienone is 3. The maximum atomic E-state index is 7.09. The molecule has 0 aliphatic heterocycles. The predicted octanol–water partition coefficient (Wildman–Crippen LogP) is 12.4. The molecule has 0 saturated heterocycles. The van der Waals surface area contributed by atoms with Crippen LogP contribution >= 0.6 is 0 Å². The molecule has 0 aromatic carbocycles. The monoisotopic (exact) mass is 707 g/mol. The fourth-order valence-corrected chi connectivity index (χ4v) is 12.9. The molecule has 0 spiro atoms. The highest BCUT2D eigenvalue weighted by Gasteiger charge is 2.51. The Morgan fingerprint density at radius 3 is 1.83 bits per heavy atom. The van der Waals surface area contributed by atoms with Crippen LogP contribution in [0.2, 0.25) is 55.9 Å². The first-order chi connectivity index (χ1) is 21.2. The van der Waals surface area contributed by atoms with Crippen molar-refractivity contribution >= 4 is 25.0 Å². The second kappa shape index (κ2) is 14.9. The van der Waals surface area contributed by atoms with Crippen LogP contribution in [0, 0.1) is 17.3 Å². The lowest BCUT2D eigenvalue weighted by molar-refractivity contribution is -0.0423. The van der Waals surface area contributed by atoms with Crippen molar-refractivity contribution in [2.24, 2.45) is 17.3 Å². The van der Waals surface area contributed by atoms with Crippen LogP contribution in [-0.2, 0) is 18.0 Å². The van der Waals surface area contributed by atoms with Gasteiger partial charge in [-0.1, -0.05) is 71.8 Å². The molecule has 0 N–H and O–H groups in total. The lowest BCUT2D eigenvalue weighted by atomic mass is 9.62. The van der Waals surface area contributed by atoms with Gasteiger partial charge in [0.05, 0.1) is 23.9 Å². The molecule has 274 valence electrons. The Hall–Kier alpha value is -0.0294. The van der Waals surface area contributed by atoms with Crippen molar-refractivity contribution in [3.05, 3.63) is 23.3 Å². The normalized spacial score (nSPS) is 30.1. The van der Waals surface area contributed by atoms with Crippen molar-refractivity contribution in [2.75, 3.05) is 6.61 Å². The zero-order valence-electron chi connectivity index (χ0n) is 34.2. The summed E-state index contributed by atoms with van der Waals surface area (Å²) in [5.41, 5.74) is 3.40. The molecule has 47 heavy (non-hydrogen) atoms. The zero-order valence-corrected chi connectivity index (χ0v) is 37.2. The van der Waals surface area contributed by atoms with Crippen LogP contribution in [0.25, 0.3) is 0 Å². The van der Waals surface area contributed by atoms with E-state index in [1.165, 1.54) is 37.7 Å². The van der Waals surface area contributed by atoms with E-state index in [0.717, 1.165) is 32.3 Å². The molecule has 3 rings (SSSR count). The quantitative estimate of drug-likeness (QED) is 0.189. The molecule has 0 aromatic rings. The van der Waals surface area contributed by atoms with Crippen LogP contribution in [0.1, 0.15) is 127 Å². The molecule has 3 saturated carbocycles. The van der Waals surface area contributed by atoms with Crippen LogP contribution < -0.4 is 0 Å². The minimum absolute atomic E-state index is 0.122. The molecule has 0 unspecified atom stereocenters. The summed E-state index contributed by atoms with van der Waals surface area (Å²) in [6.45, 7) is 40.8. The number of fused-ring (bicyclic) bond motifs is 1. The third-order valence-corrected chi connectivity index (χ3v) is 23.1. The highest BCUT2D eigenvalue weighted by molar-refractivity contribution is 6.74. The number of hydrogen-bond donors (Lipinski definition) is 0. The second-order valence-corrected chi connectivity index (χ2v) is 34.5. The summed E-state index contributed by atoms with van der Waals surface area (Å²) in [4.78, 5) is 0. The van der Waals surface area contributed by atoms with E-state index in [-0.39, 0.29) is 34.0 Å². The van der Waals surface area contributed by atoms with Gasteiger partial charge in [-0.25, -0.2) is 0 Å². The highest BCUT2D eigenvalue weighted by Crippen LogP contribution is 2.58.